The Balaban J connectivity index is 1.56. The van der Waals surface area contributed by atoms with Crippen molar-refractivity contribution < 1.29 is 13.9 Å². The molecule has 0 aliphatic carbocycles. The summed E-state index contributed by atoms with van der Waals surface area (Å²) in [5, 5.41) is 7.54. The largest absolute Gasteiger partial charge is 0.497 e. The fraction of sp³-hybridized carbons (Fsp3) is 0.167. The number of nitrogens with one attached hydrogen (secondary N) is 2. The summed E-state index contributed by atoms with van der Waals surface area (Å²) >= 11 is 0. The maximum absolute atomic E-state index is 13.2. The van der Waals surface area contributed by atoms with Crippen LogP contribution < -0.4 is 20.1 Å². The third-order valence-corrected chi connectivity index (χ3v) is 4.91. The van der Waals surface area contributed by atoms with Gasteiger partial charge in [0.25, 0.3) is 0 Å². The van der Waals surface area contributed by atoms with Gasteiger partial charge in [-0.05, 0) is 42.0 Å². The van der Waals surface area contributed by atoms with Crippen LogP contribution >= 0.6 is 0 Å². The van der Waals surface area contributed by atoms with Crippen molar-refractivity contribution in [1.82, 2.24) is 9.97 Å². The van der Waals surface area contributed by atoms with Crippen LogP contribution in [0.15, 0.2) is 66.7 Å². The number of nitrogens with zero attached hydrogens (tertiary/aromatic N) is 2. The first-order valence-corrected chi connectivity index (χ1v) is 9.86. The first kappa shape index (κ1) is 20.4. The molecule has 0 saturated heterocycles. The number of ether oxygens (including phenoxy) is 2. The van der Waals surface area contributed by atoms with Crippen LogP contribution in [0.1, 0.15) is 11.1 Å². The highest BCUT2D eigenvalue weighted by Crippen LogP contribution is 2.26. The van der Waals surface area contributed by atoms with Crippen molar-refractivity contribution in [2.24, 2.45) is 0 Å². The Morgan fingerprint density at radius 2 is 1.65 bits per heavy atom. The zero-order valence-corrected chi connectivity index (χ0v) is 17.4. The summed E-state index contributed by atoms with van der Waals surface area (Å²) in [4.78, 5) is 9.29. The molecule has 4 aromatic rings. The SMILES string of the molecule is COc1ccc(CNc2nc(NCc3ccc(F)cc3)c3ccccc3n2)c(OC)c1. The lowest BCUT2D eigenvalue weighted by Gasteiger charge is -2.14. The Kier molecular flexibility index (Phi) is 6.12. The lowest BCUT2D eigenvalue weighted by Crippen LogP contribution is -2.08. The van der Waals surface area contributed by atoms with E-state index in [0.717, 1.165) is 33.5 Å². The normalized spacial score (nSPS) is 10.7. The van der Waals surface area contributed by atoms with E-state index in [1.165, 1.54) is 12.1 Å². The quantitative estimate of drug-likeness (QED) is 0.419. The molecule has 3 aromatic carbocycles. The van der Waals surface area contributed by atoms with E-state index in [4.69, 9.17) is 9.47 Å². The fourth-order valence-corrected chi connectivity index (χ4v) is 3.25. The number of anilines is 2. The number of hydrogen-bond acceptors (Lipinski definition) is 6. The van der Waals surface area contributed by atoms with Gasteiger partial charge in [-0.3, -0.25) is 0 Å². The van der Waals surface area contributed by atoms with Crippen molar-refractivity contribution in [1.29, 1.82) is 0 Å². The van der Waals surface area contributed by atoms with Crippen LogP contribution in [0.5, 0.6) is 11.5 Å². The molecule has 2 N–H and O–H groups in total. The Morgan fingerprint density at radius 3 is 2.42 bits per heavy atom. The van der Waals surface area contributed by atoms with Crippen LogP contribution in [0.4, 0.5) is 16.2 Å². The van der Waals surface area contributed by atoms with Crippen molar-refractivity contribution in [3.8, 4) is 11.5 Å². The van der Waals surface area contributed by atoms with E-state index in [-0.39, 0.29) is 5.82 Å². The summed E-state index contributed by atoms with van der Waals surface area (Å²) in [6.07, 6.45) is 0. The number of benzene rings is 3. The van der Waals surface area contributed by atoms with Crippen molar-refractivity contribution in [3.05, 3.63) is 83.7 Å². The second kappa shape index (κ2) is 9.30. The molecule has 0 aliphatic rings. The Labute approximate surface area is 180 Å². The minimum Gasteiger partial charge on any atom is -0.497 e. The molecule has 158 valence electrons. The third-order valence-electron chi connectivity index (χ3n) is 4.91. The Bertz CT molecular complexity index is 1180. The van der Waals surface area contributed by atoms with Crippen LogP contribution in [0.3, 0.4) is 0 Å². The van der Waals surface area contributed by atoms with Crippen molar-refractivity contribution in [2.45, 2.75) is 13.1 Å². The molecule has 1 heterocycles. The van der Waals surface area contributed by atoms with Gasteiger partial charge in [0.2, 0.25) is 5.95 Å². The third kappa shape index (κ3) is 4.83. The summed E-state index contributed by atoms with van der Waals surface area (Å²) in [6.45, 7) is 1.01. The molecule has 0 atom stereocenters. The topological polar surface area (TPSA) is 68.3 Å². The molecule has 7 heteroatoms. The number of methoxy groups -OCH3 is 2. The molecular weight excluding hydrogens is 395 g/mol. The summed E-state index contributed by atoms with van der Waals surface area (Å²) in [5.41, 5.74) is 2.74. The van der Waals surface area contributed by atoms with E-state index in [1.54, 1.807) is 26.4 Å². The minimum absolute atomic E-state index is 0.253. The van der Waals surface area contributed by atoms with Gasteiger partial charge in [-0.1, -0.05) is 24.3 Å². The molecule has 0 radical (unpaired) electrons. The summed E-state index contributed by atoms with van der Waals surface area (Å²) in [5.74, 6) is 2.41. The molecule has 4 rings (SSSR count). The number of hydrogen-bond donors (Lipinski definition) is 2. The highest BCUT2D eigenvalue weighted by molar-refractivity contribution is 5.90. The van der Waals surface area contributed by atoms with Crippen LogP contribution in [-0.2, 0) is 13.1 Å². The molecular formula is C24H23FN4O2. The molecule has 0 saturated carbocycles. The van der Waals surface area contributed by atoms with E-state index < -0.39 is 0 Å². The Hall–Kier alpha value is -3.87. The Morgan fingerprint density at radius 1 is 0.839 bits per heavy atom. The second-order valence-electron chi connectivity index (χ2n) is 6.92. The van der Waals surface area contributed by atoms with Gasteiger partial charge in [-0.2, -0.15) is 4.98 Å². The summed E-state index contributed by atoms with van der Waals surface area (Å²) < 4.78 is 23.9. The number of fused-ring (bicyclic) bond motifs is 1. The molecule has 0 fully saturated rings. The van der Waals surface area contributed by atoms with Crippen LogP contribution in [0, 0.1) is 5.82 Å². The van der Waals surface area contributed by atoms with Gasteiger partial charge >= 0.3 is 0 Å². The van der Waals surface area contributed by atoms with E-state index in [1.807, 2.05) is 42.5 Å². The second-order valence-corrected chi connectivity index (χ2v) is 6.92. The monoisotopic (exact) mass is 418 g/mol. The van der Waals surface area contributed by atoms with Gasteiger partial charge in [-0.15, -0.1) is 0 Å². The zero-order valence-electron chi connectivity index (χ0n) is 17.4. The highest BCUT2D eigenvalue weighted by Gasteiger charge is 2.10. The smallest absolute Gasteiger partial charge is 0.225 e. The van der Waals surface area contributed by atoms with Gasteiger partial charge in [0.15, 0.2) is 0 Å². The summed E-state index contributed by atoms with van der Waals surface area (Å²) in [7, 11) is 3.25. The van der Waals surface area contributed by atoms with E-state index in [9.17, 15) is 4.39 Å². The van der Waals surface area contributed by atoms with Gasteiger partial charge in [-0.25, -0.2) is 9.37 Å². The van der Waals surface area contributed by atoms with Crippen LogP contribution in [0.2, 0.25) is 0 Å². The number of aromatic nitrogens is 2. The van der Waals surface area contributed by atoms with Crippen molar-refractivity contribution >= 4 is 22.7 Å². The molecule has 1 aromatic heterocycles. The zero-order chi connectivity index (χ0) is 21.6. The maximum Gasteiger partial charge on any atom is 0.225 e. The molecule has 6 nitrogen and oxygen atoms in total. The van der Waals surface area contributed by atoms with E-state index >= 15 is 0 Å². The van der Waals surface area contributed by atoms with Crippen LogP contribution in [0.25, 0.3) is 10.9 Å². The maximum atomic E-state index is 13.2. The standard InChI is InChI=1S/C24H23FN4O2/c1-30-19-12-9-17(22(13-19)31-2)15-27-24-28-21-6-4-3-5-20(21)23(29-24)26-14-16-7-10-18(25)11-8-16/h3-13H,14-15H2,1-2H3,(H2,26,27,28,29). The van der Waals surface area contributed by atoms with Gasteiger partial charge in [0.1, 0.15) is 23.1 Å². The van der Waals surface area contributed by atoms with Crippen molar-refractivity contribution in [3.63, 3.8) is 0 Å². The molecule has 0 spiro atoms. The predicted octanol–water partition coefficient (Wildman–Crippen LogP) is 5.01. The summed E-state index contributed by atoms with van der Waals surface area (Å²) in [6, 6.07) is 19.9. The van der Waals surface area contributed by atoms with Crippen molar-refractivity contribution in [2.75, 3.05) is 24.9 Å². The first-order chi connectivity index (χ1) is 15.2. The van der Waals surface area contributed by atoms with Gasteiger partial charge in [0.05, 0.1) is 19.7 Å². The molecule has 0 bridgehead atoms. The van der Waals surface area contributed by atoms with Gasteiger partial charge < -0.3 is 20.1 Å². The molecule has 0 aliphatic heterocycles. The number of rotatable bonds is 8. The van der Waals surface area contributed by atoms with Gasteiger partial charge in [0, 0.05) is 30.1 Å². The fourth-order valence-electron chi connectivity index (χ4n) is 3.25. The predicted molar refractivity (Wildman–Crippen MR) is 120 cm³/mol. The lowest BCUT2D eigenvalue weighted by molar-refractivity contribution is 0.391. The van der Waals surface area contributed by atoms with Crippen LogP contribution in [-0.4, -0.2) is 24.2 Å². The lowest BCUT2D eigenvalue weighted by atomic mass is 10.2. The average molecular weight is 418 g/mol. The average Bonchev–Trinajstić information content (AvgIpc) is 2.82. The first-order valence-electron chi connectivity index (χ1n) is 9.86. The minimum atomic E-state index is -0.253. The number of para-hydroxylation sites is 1. The molecule has 0 unspecified atom stereocenters. The highest BCUT2D eigenvalue weighted by atomic mass is 19.1. The molecule has 0 amide bonds. The van der Waals surface area contributed by atoms with E-state index in [0.29, 0.717) is 24.9 Å². The van der Waals surface area contributed by atoms with E-state index in [2.05, 4.69) is 20.6 Å². The number of halogens is 1. The molecule has 31 heavy (non-hydrogen) atoms.